The molecule has 23 heavy (non-hydrogen) atoms. The molecule has 122 valence electrons. The molecule has 0 saturated carbocycles. The molecule has 0 atom stereocenters. The summed E-state index contributed by atoms with van der Waals surface area (Å²) in [6.07, 6.45) is 1.02. The second kappa shape index (κ2) is 8.02. The Hall–Kier alpha value is -1.26. The Kier molecular flexibility index (Phi) is 6.31. The van der Waals surface area contributed by atoms with E-state index in [0.717, 1.165) is 32.7 Å². The van der Waals surface area contributed by atoms with Crippen LogP contribution in [0.5, 0.6) is 5.75 Å². The zero-order valence-corrected chi connectivity index (χ0v) is 16.3. The van der Waals surface area contributed by atoms with Gasteiger partial charge in [-0.2, -0.15) is 0 Å². The summed E-state index contributed by atoms with van der Waals surface area (Å²) in [6, 6.07) is 10.2. The first kappa shape index (κ1) is 18.1. The third-order valence-corrected chi connectivity index (χ3v) is 5.35. The molecule has 0 aromatic heterocycles. The number of ether oxygens (including phenoxy) is 1. The van der Waals surface area contributed by atoms with Crippen LogP contribution >= 0.6 is 27.7 Å². The zero-order chi connectivity index (χ0) is 17.0. The first-order valence-corrected chi connectivity index (χ1v) is 9.22. The summed E-state index contributed by atoms with van der Waals surface area (Å²) in [5.74, 6) is 0.897. The van der Waals surface area contributed by atoms with Crippen LogP contribution in [0.1, 0.15) is 36.1 Å². The van der Waals surface area contributed by atoms with Crippen LogP contribution in [-0.4, -0.2) is 5.12 Å². The molecular weight excluding hydrogens is 372 g/mol. The second-order valence-electron chi connectivity index (χ2n) is 5.50. The van der Waals surface area contributed by atoms with Crippen LogP contribution < -0.4 is 4.74 Å². The lowest BCUT2D eigenvalue weighted by Gasteiger charge is -2.15. The number of hydrogen-bond acceptors (Lipinski definition) is 3. The second-order valence-corrected chi connectivity index (χ2v) is 7.57. The molecule has 2 aromatic rings. The standard InChI is InChI=1S/C19H21BrO2S/c1-5-15-9-13(3)18(10-12(15)2)22-11-16-17(20)7-6-8-19(16)23-14(4)21/h6-10H,5,11H2,1-4H3. The van der Waals surface area contributed by atoms with Gasteiger partial charge in [0.1, 0.15) is 12.4 Å². The fourth-order valence-corrected chi connectivity index (χ4v) is 3.83. The molecule has 0 radical (unpaired) electrons. The van der Waals surface area contributed by atoms with Crippen LogP contribution in [-0.2, 0) is 17.8 Å². The summed E-state index contributed by atoms with van der Waals surface area (Å²) in [5.41, 5.74) is 4.74. The maximum atomic E-state index is 11.4. The number of benzene rings is 2. The van der Waals surface area contributed by atoms with E-state index in [2.05, 4.69) is 48.8 Å². The van der Waals surface area contributed by atoms with Crippen LogP contribution in [0.15, 0.2) is 39.7 Å². The van der Waals surface area contributed by atoms with E-state index in [1.165, 1.54) is 22.9 Å². The van der Waals surface area contributed by atoms with Crippen molar-refractivity contribution in [3.8, 4) is 5.75 Å². The van der Waals surface area contributed by atoms with Gasteiger partial charge in [-0.05, 0) is 55.2 Å². The van der Waals surface area contributed by atoms with E-state index >= 15 is 0 Å². The van der Waals surface area contributed by atoms with Crippen molar-refractivity contribution < 1.29 is 9.53 Å². The Morgan fingerprint density at radius 3 is 2.61 bits per heavy atom. The molecule has 0 spiro atoms. The van der Waals surface area contributed by atoms with Gasteiger partial charge in [-0.3, -0.25) is 4.79 Å². The van der Waals surface area contributed by atoms with Crippen molar-refractivity contribution in [2.24, 2.45) is 0 Å². The minimum atomic E-state index is 0.0728. The van der Waals surface area contributed by atoms with Crippen LogP contribution in [0.4, 0.5) is 0 Å². The quantitative estimate of drug-likeness (QED) is 0.597. The molecule has 0 saturated heterocycles. The molecule has 0 amide bonds. The number of thioether (sulfide) groups is 1. The average molecular weight is 393 g/mol. The van der Waals surface area contributed by atoms with Gasteiger partial charge in [0.2, 0.25) is 0 Å². The molecule has 0 fully saturated rings. The van der Waals surface area contributed by atoms with E-state index in [1.807, 2.05) is 18.2 Å². The maximum absolute atomic E-state index is 11.4. The Morgan fingerprint density at radius 1 is 1.22 bits per heavy atom. The van der Waals surface area contributed by atoms with Gasteiger partial charge in [0.05, 0.1) is 0 Å². The predicted octanol–water partition coefficient (Wildman–Crippen LogP) is 5.85. The summed E-state index contributed by atoms with van der Waals surface area (Å²) >= 11 is 4.80. The molecule has 2 rings (SSSR count). The lowest BCUT2D eigenvalue weighted by Crippen LogP contribution is -2.02. The van der Waals surface area contributed by atoms with Crippen molar-refractivity contribution >= 4 is 32.8 Å². The Bertz CT molecular complexity index is 726. The normalized spacial score (nSPS) is 10.7. The van der Waals surface area contributed by atoms with E-state index in [0.29, 0.717) is 6.61 Å². The van der Waals surface area contributed by atoms with Gasteiger partial charge in [-0.1, -0.05) is 46.7 Å². The minimum Gasteiger partial charge on any atom is -0.489 e. The molecule has 0 N–H and O–H groups in total. The fourth-order valence-electron chi connectivity index (χ4n) is 2.47. The molecule has 0 aliphatic rings. The third-order valence-electron chi connectivity index (χ3n) is 3.72. The summed E-state index contributed by atoms with van der Waals surface area (Å²) in [6.45, 7) is 8.35. The molecule has 0 aliphatic heterocycles. The number of hydrogen-bond donors (Lipinski definition) is 0. The summed E-state index contributed by atoms with van der Waals surface area (Å²) in [7, 11) is 0. The van der Waals surface area contributed by atoms with Crippen molar-refractivity contribution in [2.75, 3.05) is 0 Å². The minimum absolute atomic E-state index is 0.0728. The van der Waals surface area contributed by atoms with Gasteiger partial charge in [-0.15, -0.1) is 0 Å². The number of carbonyl (C=O) groups excluding carboxylic acids is 1. The zero-order valence-electron chi connectivity index (χ0n) is 13.9. The number of aryl methyl sites for hydroxylation is 3. The lowest BCUT2D eigenvalue weighted by atomic mass is 10.0. The highest BCUT2D eigenvalue weighted by Crippen LogP contribution is 2.31. The van der Waals surface area contributed by atoms with Crippen molar-refractivity contribution in [2.45, 2.75) is 45.6 Å². The summed E-state index contributed by atoms with van der Waals surface area (Å²) in [4.78, 5) is 12.4. The van der Waals surface area contributed by atoms with Gasteiger partial charge in [0.25, 0.3) is 0 Å². The smallest absolute Gasteiger partial charge is 0.190 e. The van der Waals surface area contributed by atoms with E-state index < -0.39 is 0 Å². The summed E-state index contributed by atoms with van der Waals surface area (Å²) < 4.78 is 7.01. The van der Waals surface area contributed by atoms with E-state index in [1.54, 1.807) is 6.92 Å². The van der Waals surface area contributed by atoms with Crippen molar-refractivity contribution in [1.29, 1.82) is 0 Å². The van der Waals surface area contributed by atoms with Gasteiger partial charge < -0.3 is 4.74 Å². The van der Waals surface area contributed by atoms with Crippen LogP contribution in [0.25, 0.3) is 0 Å². The Balaban J connectivity index is 2.24. The Labute approximate surface area is 150 Å². The van der Waals surface area contributed by atoms with Crippen LogP contribution in [0, 0.1) is 13.8 Å². The molecule has 0 aliphatic carbocycles. The number of carbonyl (C=O) groups is 1. The van der Waals surface area contributed by atoms with Crippen molar-refractivity contribution in [1.82, 2.24) is 0 Å². The highest BCUT2D eigenvalue weighted by atomic mass is 79.9. The monoisotopic (exact) mass is 392 g/mol. The first-order valence-electron chi connectivity index (χ1n) is 7.61. The summed E-state index contributed by atoms with van der Waals surface area (Å²) in [5, 5.41) is 0.0728. The number of halogens is 1. The molecule has 0 bridgehead atoms. The van der Waals surface area contributed by atoms with Crippen LogP contribution in [0.2, 0.25) is 0 Å². The Morgan fingerprint density at radius 2 is 1.96 bits per heavy atom. The molecule has 0 unspecified atom stereocenters. The molecule has 0 heterocycles. The van der Waals surface area contributed by atoms with Crippen molar-refractivity contribution in [3.05, 3.63) is 57.1 Å². The molecular formula is C19H21BrO2S. The van der Waals surface area contributed by atoms with Gasteiger partial charge in [0.15, 0.2) is 5.12 Å². The maximum Gasteiger partial charge on any atom is 0.190 e. The average Bonchev–Trinajstić information content (AvgIpc) is 2.49. The lowest BCUT2D eigenvalue weighted by molar-refractivity contribution is -0.109. The van der Waals surface area contributed by atoms with E-state index in [-0.39, 0.29) is 5.12 Å². The van der Waals surface area contributed by atoms with E-state index in [9.17, 15) is 4.79 Å². The molecule has 2 aromatic carbocycles. The van der Waals surface area contributed by atoms with Gasteiger partial charge in [0, 0.05) is 21.9 Å². The SMILES string of the molecule is CCc1cc(C)c(OCc2c(Br)cccc2SC(C)=O)cc1C. The molecule has 2 nitrogen and oxygen atoms in total. The predicted molar refractivity (Wildman–Crippen MR) is 100 cm³/mol. The van der Waals surface area contributed by atoms with E-state index in [4.69, 9.17) is 4.74 Å². The van der Waals surface area contributed by atoms with Gasteiger partial charge >= 0.3 is 0 Å². The topological polar surface area (TPSA) is 26.3 Å². The highest BCUT2D eigenvalue weighted by Gasteiger charge is 2.12. The third kappa shape index (κ3) is 4.61. The number of rotatable bonds is 5. The highest BCUT2D eigenvalue weighted by molar-refractivity contribution is 9.10. The fraction of sp³-hybridized carbons (Fsp3) is 0.316. The van der Waals surface area contributed by atoms with Gasteiger partial charge in [-0.25, -0.2) is 0 Å². The van der Waals surface area contributed by atoms with Crippen LogP contribution in [0.3, 0.4) is 0 Å². The largest absolute Gasteiger partial charge is 0.489 e. The van der Waals surface area contributed by atoms with Crippen molar-refractivity contribution in [3.63, 3.8) is 0 Å². The first-order chi connectivity index (χ1) is 10.9. The molecule has 4 heteroatoms.